The van der Waals surface area contributed by atoms with Gasteiger partial charge in [0.1, 0.15) is 5.82 Å². The number of carbonyl (C=O) groups excluding carboxylic acids is 1. The fourth-order valence-corrected chi connectivity index (χ4v) is 5.50. The first kappa shape index (κ1) is 25.8. The summed E-state index contributed by atoms with van der Waals surface area (Å²) >= 11 is 0. The molecule has 0 radical (unpaired) electrons. The molecule has 1 atom stereocenters. The minimum absolute atomic E-state index is 0.116. The summed E-state index contributed by atoms with van der Waals surface area (Å²) in [6.45, 7) is 5.23. The molecule has 5 rings (SSSR count). The van der Waals surface area contributed by atoms with E-state index in [1.54, 1.807) is 0 Å². The normalized spacial score (nSPS) is 22.3. The molecule has 2 N–H and O–H groups in total. The SMILES string of the molecule is CN1CCC(CC(=O)N2CCc3ccccc3[C@@H]2c2ccc(F)cc2)CC1.CN1CCC(N)CC1. The summed E-state index contributed by atoms with van der Waals surface area (Å²) in [5.41, 5.74) is 9.12. The number of rotatable bonds is 3. The van der Waals surface area contributed by atoms with E-state index in [1.165, 1.54) is 49.2 Å². The van der Waals surface area contributed by atoms with Crippen molar-refractivity contribution in [2.24, 2.45) is 11.7 Å². The van der Waals surface area contributed by atoms with Crippen LogP contribution in [-0.2, 0) is 11.2 Å². The first-order valence-corrected chi connectivity index (χ1v) is 13.2. The van der Waals surface area contributed by atoms with Gasteiger partial charge < -0.3 is 20.4 Å². The number of carbonyl (C=O) groups is 1. The van der Waals surface area contributed by atoms with Gasteiger partial charge in [-0.15, -0.1) is 0 Å². The maximum Gasteiger partial charge on any atom is 0.223 e. The van der Waals surface area contributed by atoms with Crippen LogP contribution < -0.4 is 5.73 Å². The van der Waals surface area contributed by atoms with Crippen LogP contribution in [0, 0.1) is 11.7 Å². The molecule has 3 aliphatic heterocycles. The fourth-order valence-electron chi connectivity index (χ4n) is 5.50. The second-order valence-corrected chi connectivity index (χ2v) is 10.6. The average Bonchev–Trinajstić information content (AvgIpc) is 2.87. The molecule has 2 aromatic rings. The van der Waals surface area contributed by atoms with Crippen molar-refractivity contribution in [2.45, 2.75) is 50.6 Å². The van der Waals surface area contributed by atoms with E-state index in [4.69, 9.17) is 5.73 Å². The summed E-state index contributed by atoms with van der Waals surface area (Å²) in [4.78, 5) is 19.9. The number of fused-ring (bicyclic) bond motifs is 1. The number of piperidine rings is 2. The number of halogens is 1. The third-order valence-corrected chi connectivity index (χ3v) is 7.85. The van der Waals surface area contributed by atoms with Crippen molar-refractivity contribution in [3.63, 3.8) is 0 Å². The molecule has 190 valence electrons. The monoisotopic (exact) mass is 480 g/mol. The second kappa shape index (κ2) is 12.1. The molecule has 2 saturated heterocycles. The first-order chi connectivity index (χ1) is 16.9. The summed E-state index contributed by atoms with van der Waals surface area (Å²) in [5, 5.41) is 0. The zero-order valence-corrected chi connectivity index (χ0v) is 21.3. The standard InChI is InChI=1S/C23H27FN2O.C6H14N2/c1-25-13-10-17(11-14-25)16-22(27)26-15-12-18-4-2-3-5-21(18)23(26)19-6-8-20(24)9-7-19;1-8-4-2-6(7)3-5-8/h2-9,17,23H,10-16H2,1H3;6H,2-5,7H2,1H3/t23-;/m0./s1. The maximum absolute atomic E-state index is 13.5. The summed E-state index contributed by atoms with van der Waals surface area (Å²) in [5.74, 6) is 0.458. The zero-order chi connectivity index (χ0) is 24.8. The van der Waals surface area contributed by atoms with Crippen LogP contribution in [0.4, 0.5) is 4.39 Å². The Kier molecular flexibility index (Phi) is 8.93. The highest BCUT2D eigenvalue weighted by molar-refractivity contribution is 5.78. The van der Waals surface area contributed by atoms with Gasteiger partial charge in [0.05, 0.1) is 6.04 Å². The zero-order valence-electron chi connectivity index (χ0n) is 21.3. The van der Waals surface area contributed by atoms with Crippen molar-refractivity contribution in [1.82, 2.24) is 14.7 Å². The number of hydrogen-bond acceptors (Lipinski definition) is 4. The van der Waals surface area contributed by atoms with Gasteiger partial charge in [0, 0.05) is 19.0 Å². The third-order valence-electron chi connectivity index (χ3n) is 7.85. The van der Waals surface area contributed by atoms with Crippen molar-refractivity contribution in [1.29, 1.82) is 0 Å². The van der Waals surface area contributed by atoms with E-state index in [0.717, 1.165) is 44.5 Å². The largest absolute Gasteiger partial charge is 0.331 e. The highest BCUT2D eigenvalue weighted by Gasteiger charge is 2.33. The Morgan fingerprint density at radius 3 is 2.11 bits per heavy atom. The molecule has 1 amide bonds. The van der Waals surface area contributed by atoms with Crippen LogP contribution in [0.15, 0.2) is 48.5 Å². The molecule has 0 bridgehead atoms. The summed E-state index contributed by atoms with van der Waals surface area (Å²) in [6, 6.07) is 15.3. The predicted molar refractivity (Wildman–Crippen MR) is 140 cm³/mol. The highest BCUT2D eigenvalue weighted by Crippen LogP contribution is 2.36. The molecule has 0 spiro atoms. The first-order valence-electron chi connectivity index (χ1n) is 13.2. The third kappa shape index (κ3) is 6.90. The molecule has 5 nitrogen and oxygen atoms in total. The second-order valence-electron chi connectivity index (χ2n) is 10.6. The van der Waals surface area contributed by atoms with Crippen molar-refractivity contribution >= 4 is 5.91 Å². The van der Waals surface area contributed by atoms with Gasteiger partial charge in [-0.2, -0.15) is 0 Å². The van der Waals surface area contributed by atoms with E-state index in [-0.39, 0.29) is 17.8 Å². The van der Waals surface area contributed by atoms with Crippen LogP contribution in [-0.4, -0.2) is 73.5 Å². The van der Waals surface area contributed by atoms with Crippen LogP contribution in [0.3, 0.4) is 0 Å². The van der Waals surface area contributed by atoms with E-state index in [2.05, 4.69) is 42.1 Å². The average molecular weight is 481 g/mol. The van der Waals surface area contributed by atoms with Crippen molar-refractivity contribution in [3.8, 4) is 0 Å². The molecule has 0 unspecified atom stereocenters. The van der Waals surface area contributed by atoms with Gasteiger partial charge in [-0.3, -0.25) is 4.79 Å². The Morgan fingerprint density at radius 2 is 1.49 bits per heavy atom. The highest BCUT2D eigenvalue weighted by atomic mass is 19.1. The minimum atomic E-state index is -0.243. The number of nitrogens with two attached hydrogens (primary N) is 1. The molecule has 0 aliphatic carbocycles. The number of likely N-dealkylation sites (tertiary alicyclic amines) is 2. The van der Waals surface area contributed by atoms with Gasteiger partial charge in [-0.05, 0) is 107 Å². The van der Waals surface area contributed by atoms with Crippen molar-refractivity contribution in [3.05, 3.63) is 71.0 Å². The lowest BCUT2D eigenvalue weighted by molar-refractivity contribution is -0.134. The number of amides is 1. The Balaban J connectivity index is 0.000000308. The van der Waals surface area contributed by atoms with Gasteiger partial charge in [-0.1, -0.05) is 36.4 Å². The van der Waals surface area contributed by atoms with E-state index in [9.17, 15) is 9.18 Å². The van der Waals surface area contributed by atoms with E-state index in [1.807, 2.05) is 23.1 Å². The summed E-state index contributed by atoms with van der Waals surface area (Å²) in [7, 11) is 4.29. The van der Waals surface area contributed by atoms with E-state index >= 15 is 0 Å². The van der Waals surface area contributed by atoms with Crippen LogP contribution in [0.5, 0.6) is 0 Å². The molecule has 2 aromatic carbocycles. The quantitative estimate of drug-likeness (QED) is 0.720. The van der Waals surface area contributed by atoms with Crippen LogP contribution in [0.2, 0.25) is 0 Å². The maximum atomic E-state index is 13.5. The minimum Gasteiger partial charge on any atom is -0.331 e. The van der Waals surface area contributed by atoms with Gasteiger partial charge in [0.15, 0.2) is 0 Å². The molecule has 2 fully saturated rings. The molecule has 3 aliphatic rings. The van der Waals surface area contributed by atoms with Crippen LogP contribution >= 0.6 is 0 Å². The Bertz CT molecular complexity index is 939. The number of nitrogens with zero attached hydrogens (tertiary/aromatic N) is 3. The molecule has 35 heavy (non-hydrogen) atoms. The number of hydrogen-bond donors (Lipinski definition) is 1. The molecular weight excluding hydrogens is 439 g/mol. The lowest BCUT2D eigenvalue weighted by Crippen LogP contribution is -2.42. The van der Waals surface area contributed by atoms with E-state index < -0.39 is 0 Å². The smallest absolute Gasteiger partial charge is 0.223 e. The molecule has 3 heterocycles. The van der Waals surface area contributed by atoms with Crippen LogP contribution in [0.25, 0.3) is 0 Å². The van der Waals surface area contributed by atoms with Gasteiger partial charge in [0.2, 0.25) is 5.91 Å². The fraction of sp³-hybridized carbons (Fsp3) is 0.552. The Morgan fingerprint density at radius 1 is 0.886 bits per heavy atom. The van der Waals surface area contributed by atoms with Gasteiger partial charge in [-0.25, -0.2) is 4.39 Å². The van der Waals surface area contributed by atoms with Crippen molar-refractivity contribution < 1.29 is 9.18 Å². The topological polar surface area (TPSA) is 52.8 Å². The van der Waals surface area contributed by atoms with E-state index in [0.29, 0.717) is 18.4 Å². The lowest BCUT2D eigenvalue weighted by atomic mass is 9.86. The van der Waals surface area contributed by atoms with Gasteiger partial charge >= 0.3 is 0 Å². The van der Waals surface area contributed by atoms with Crippen molar-refractivity contribution in [2.75, 3.05) is 46.8 Å². The lowest BCUT2D eigenvalue weighted by Gasteiger charge is -2.39. The molecule has 6 heteroatoms. The Labute approximate surface area is 210 Å². The number of benzene rings is 2. The molecule has 0 saturated carbocycles. The summed E-state index contributed by atoms with van der Waals surface area (Å²) < 4.78 is 13.5. The molecular formula is C29H41FN4O. The van der Waals surface area contributed by atoms with Crippen LogP contribution in [0.1, 0.15) is 54.8 Å². The van der Waals surface area contributed by atoms with Gasteiger partial charge in [0.25, 0.3) is 0 Å². The summed E-state index contributed by atoms with van der Waals surface area (Å²) in [6.07, 6.45) is 6.04. The Hall–Kier alpha value is -2.28. The predicted octanol–water partition coefficient (Wildman–Crippen LogP) is 4.07. The molecule has 0 aromatic heterocycles.